The summed E-state index contributed by atoms with van der Waals surface area (Å²) >= 11 is -3.98. The van der Waals surface area contributed by atoms with Crippen LogP contribution in [0.2, 0.25) is 4.63 Å². The summed E-state index contributed by atoms with van der Waals surface area (Å²) in [6.45, 7) is 16.5. The number of halogens is 5. The van der Waals surface area contributed by atoms with E-state index < -0.39 is 26.0 Å². The predicted octanol–water partition coefficient (Wildman–Crippen LogP) is 7.92. The van der Waals surface area contributed by atoms with Gasteiger partial charge in [0, 0.05) is 0 Å². The van der Waals surface area contributed by atoms with Gasteiger partial charge in [0.25, 0.3) is 0 Å². The van der Waals surface area contributed by atoms with E-state index >= 15 is 0 Å². The molecule has 0 nitrogen and oxygen atoms in total. The third-order valence-electron chi connectivity index (χ3n) is 6.85. The summed E-state index contributed by atoms with van der Waals surface area (Å²) in [6, 6.07) is 0. The van der Waals surface area contributed by atoms with Gasteiger partial charge in [-0.2, -0.15) is 0 Å². The second-order valence-electron chi connectivity index (χ2n) is 8.03. The molecule has 2 atom stereocenters. The third-order valence-corrected chi connectivity index (χ3v) is 18.5. The predicted molar refractivity (Wildman–Crippen MR) is 113 cm³/mol. The molecule has 0 fully saturated rings. The van der Waals surface area contributed by atoms with Gasteiger partial charge in [0.1, 0.15) is 0 Å². The van der Waals surface area contributed by atoms with Crippen LogP contribution in [-0.4, -0.2) is 9.89 Å². The van der Waals surface area contributed by atoms with Gasteiger partial charge in [-0.3, -0.25) is 0 Å². The van der Waals surface area contributed by atoms with Crippen LogP contribution in [-0.2, 0) is 19.8 Å². The van der Waals surface area contributed by atoms with Gasteiger partial charge in [0.15, 0.2) is 0 Å². The molecule has 0 aromatic rings. The van der Waals surface area contributed by atoms with Crippen molar-refractivity contribution in [1.29, 1.82) is 0 Å². The molecule has 0 N–H and O–H groups in total. The standard InChI is InChI=1S/2C9H13.C2HF3.CH3.2ClH.Zr/c2*1-6-5-7(2)9(4)8(6)3;1-2(3,4)5;;;;/h2*6H,1-4H3;1H;1H3;2*1H;. The molecule has 6 heteroatoms. The van der Waals surface area contributed by atoms with E-state index in [0.29, 0.717) is 0 Å². The van der Waals surface area contributed by atoms with E-state index in [1.165, 1.54) is 22.3 Å². The van der Waals surface area contributed by atoms with Crippen molar-refractivity contribution in [2.24, 2.45) is 11.8 Å². The first-order chi connectivity index (χ1) is 11.2. The van der Waals surface area contributed by atoms with Gasteiger partial charge in [0.2, 0.25) is 0 Å². The molecule has 0 radical (unpaired) electrons. The van der Waals surface area contributed by atoms with Crippen LogP contribution in [0.15, 0.2) is 40.0 Å². The Morgan fingerprint density at radius 2 is 1.00 bits per heavy atom. The van der Waals surface area contributed by atoms with Crippen LogP contribution in [0.5, 0.6) is 0 Å². The summed E-state index contributed by atoms with van der Waals surface area (Å²) in [5, 5.41) is 0. The SMILES string of the molecule is CC1=C(C)C(C)[C]([Zr]([CH3])(=[CH]C(F)(F)F)[C]2=C(C)C(C)=C(C)C2C)=C1C.Cl.Cl. The molecule has 0 saturated carbocycles. The minimum atomic E-state index is -4.24. The van der Waals surface area contributed by atoms with Gasteiger partial charge in [0.05, 0.1) is 0 Å². The van der Waals surface area contributed by atoms with Crippen LogP contribution >= 0.6 is 24.8 Å². The summed E-state index contributed by atoms with van der Waals surface area (Å²) in [6.07, 6.45) is -4.24. The van der Waals surface area contributed by atoms with Crippen molar-refractivity contribution in [3.63, 3.8) is 0 Å². The molecule has 0 aromatic heterocycles. The average molecular weight is 504 g/mol. The Labute approximate surface area is 178 Å². The molecule has 0 bridgehead atoms. The monoisotopic (exact) mass is 501 g/mol. The van der Waals surface area contributed by atoms with Crippen LogP contribution < -0.4 is 0 Å². The number of rotatable bonds is 2. The minimum Gasteiger partial charge on any atom is -0.147 e. The van der Waals surface area contributed by atoms with E-state index in [0.717, 1.165) is 21.4 Å². The van der Waals surface area contributed by atoms with Crippen LogP contribution in [0.4, 0.5) is 13.2 Å². The fraction of sp³-hybridized carbons (Fsp3) is 0.571. The maximum Gasteiger partial charge on any atom is -0.147 e. The number of alkyl halides is 3. The van der Waals surface area contributed by atoms with E-state index in [1.807, 2.05) is 18.5 Å². The molecular weight excluding hydrogens is 471 g/mol. The first-order valence-electron chi connectivity index (χ1n) is 8.95. The Morgan fingerprint density at radius 1 is 0.704 bits per heavy atom. The van der Waals surface area contributed by atoms with Gasteiger partial charge in [-0.05, 0) is 0 Å². The number of hydrogen-bond acceptors (Lipinski definition) is 0. The zero-order valence-electron chi connectivity index (χ0n) is 17.7. The molecule has 0 heterocycles. The van der Waals surface area contributed by atoms with E-state index in [4.69, 9.17) is 0 Å². The van der Waals surface area contributed by atoms with Crippen LogP contribution in [0, 0.1) is 11.8 Å². The first kappa shape index (κ1) is 27.1. The Hall–Kier alpha value is 0.0831. The van der Waals surface area contributed by atoms with Crippen LogP contribution in [0.1, 0.15) is 55.4 Å². The largest absolute Gasteiger partial charge is 0.147 e. The minimum absolute atomic E-state index is 0. The van der Waals surface area contributed by atoms with Crippen LogP contribution in [0.25, 0.3) is 0 Å². The van der Waals surface area contributed by atoms with Gasteiger partial charge in [-0.1, -0.05) is 0 Å². The molecule has 155 valence electrons. The Balaban J connectivity index is 0.00000338. The van der Waals surface area contributed by atoms with Gasteiger partial charge in [-0.15, -0.1) is 24.8 Å². The molecule has 0 spiro atoms. The smallest absolute Gasteiger partial charge is 0.147 e. The van der Waals surface area contributed by atoms with Crippen molar-refractivity contribution < 1.29 is 33.0 Å². The van der Waals surface area contributed by atoms with Crippen LogP contribution in [0.3, 0.4) is 0 Å². The summed E-state index contributed by atoms with van der Waals surface area (Å²) < 4.78 is 46.1. The molecule has 2 aliphatic rings. The first-order valence-corrected chi connectivity index (χ1v) is 15.3. The second kappa shape index (κ2) is 8.84. The second-order valence-corrected chi connectivity index (χ2v) is 17.3. The van der Waals surface area contributed by atoms with Crippen molar-refractivity contribution in [2.45, 2.75) is 66.2 Å². The van der Waals surface area contributed by atoms with E-state index in [1.54, 1.807) is 0 Å². The maximum absolute atomic E-state index is 13.7. The van der Waals surface area contributed by atoms with E-state index in [-0.39, 0.29) is 36.6 Å². The Bertz CT molecular complexity index is 752. The Kier molecular flexibility index (Phi) is 8.87. The molecule has 2 rings (SSSR count). The normalized spacial score (nSPS) is 25.6. The number of allylic oxidation sites excluding steroid dienone is 8. The molecule has 2 unspecified atom stereocenters. The van der Waals surface area contributed by atoms with Crippen molar-refractivity contribution in [2.75, 3.05) is 0 Å². The maximum atomic E-state index is 13.7. The molecule has 0 amide bonds. The molecule has 27 heavy (non-hydrogen) atoms. The van der Waals surface area contributed by atoms with Crippen molar-refractivity contribution in [3.8, 4) is 0 Å². The summed E-state index contributed by atoms with van der Waals surface area (Å²) in [5.41, 5.74) is 7.06. The molecular formula is C21H32Cl2F3Zr. The van der Waals surface area contributed by atoms with Gasteiger partial charge < -0.3 is 0 Å². The van der Waals surface area contributed by atoms with Gasteiger partial charge >= 0.3 is 155 Å². The van der Waals surface area contributed by atoms with Gasteiger partial charge in [-0.25, -0.2) is 0 Å². The molecule has 0 saturated heterocycles. The fourth-order valence-electron chi connectivity index (χ4n) is 5.03. The number of hydrogen-bond donors (Lipinski definition) is 0. The van der Waals surface area contributed by atoms with Crippen molar-refractivity contribution >= 4 is 28.5 Å². The zero-order valence-corrected chi connectivity index (χ0v) is 21.8. The molecule has 2 aliphatic carbocycles. The van der Waals surface area contributed by atoms with Crippen molar-refractivity contribution in [3.05, 3.63) is 40.0 Å². The molecule has 0 aromatic carbocycles. The summed E-state index contributed by atoms with van der Waals surface area (Å²) in [5.74, 6) is 0.237. The van der Waals surface area contributed by atoms with Crippen molar-refractivity contribution in [1.82, 2.24) is 0 Å². The zero-order chi connectivity index (χ0) is 19.5. The van der Waals surface area contributed by atoms with E-state index in [2.05, 4.69) is 41.5 Å². The molecule has 0 aliphatic heterocycles. The fourth-order valence-corrected chi connectivity index (χ4v) is 18.4. The Morgan fingerprint density at radius 3 is 1.19 bits per heavy atom. The third kappa shape index (κ3) is 4.48. The average Bonchev–Trinajstić information content (AvgIpc) is 2.78. The quantitative estimate of drug-likeness (QED) is 0.359. The van der Waals surface area contributed by atoms with E-state index in [9.17, 15) is 13.2 Å². The summed E-state index contributed by atoms with van der Waals surface area (Å²) in [4.78, 5) is 0. The topological polar surface area (TPSA) is 0 Å². The summed E-state index contributed by atoms with van der Waals surface area (Å²) in [7, 11) is 0.